The summed E-state index contributed by atoms with van der Waals surface area (Å²) < 4.78 is 0. The van der Waals surface area contributed by atoms with E-state index >= 15 is 0 Å². The molecule has 13 heavy (non-hydrogen) atoms. The third kappa shape index (κ3) is 3.77. The third-order valence-corrected chi connectivity index (χ3v) is 1.56. The Morgan fingerprint density at radius 1 is 1.31 bits per heavy atom. The van der Waals surface area contributed by atoms with Crippen LogP contribution in [0.15, 0.2) is 36.6 Å². The first-order chi connectivity index (χ1) is 5.74. The van der Waals surface area contributed by atoms with Crippen molar-refractivity contribution in [3.8, 4) is 0 Å². The SMILES string of the molecule is Cc1ccc(C(=O)/C=C\[O-])cc1.[Na+]. The van der Waals surface area contributed by atoms with Crippen LogP contribution in [0, 0.1) is 6.92 Å². The molecular weight excluding hydrogens is 175 g/mol. The zero-order valence-corrected chi connectivity index (χ0v) is 9.78. The van der Waals surface area contributed by atoms with Gasteiger partial charge in [0.05, 0.1) is 0 Å². The molecule has 62 valence electrons. The molecule has 0 heterocycles. The molecule has 1 aromatic rings. The standard InChI is InChI=1S/C10H10O2.Na/c1-8-2-4-9(5-3-8)10(12)6-7-11;/h2-7,11H,1H3;/q;+1/p-1/b7-6-;. The van der Waals surface area contributed by atoms with E-state index in [1.165, 1.54) is 0 Å². The second-order valence-corrected chi connectivity index (χ2v) is 2.53. The van der Waals surface area contributed by atoms with Crippen LogP contribution in [0.4, 0.5) is 0 Å². The van der Waals surface area contributed by atoms with Gasteiger partial charge in [-0.25, -0.2) is 0 Å². The van der Waals surface area contributed by atoms with Crippen molar-refractivity contribution in [2.24, 2.45) is 0 Å². The van der Waals surface area contributed by atoms with Gasteiger partial charge < -0.3 is 5.11 Å². The van der Waals surface area contributed by atoms with Crippen molar-refractivity contribution in [2.75, 3.05) is 0 Å². The number of carbonyl (C=O) groups is 1. The van der Waals surface area contributed by atoms with Crippen molar-refractivity contribution in [1.29, 1.82) is 0 Å². The van der Waals surface area contributed by atoms with Crippen LogP contribution < -0.4 is 34.7 Å². The Balaban J connectivity index is 0.00000144. The number of rotatable bonds is 2. The molecule has 1 rings (SSSR count). The maximum atomic E-state index is 11.1. The minimum Gasteiger partial charge on any atom is -0.878 e. The first-order valence-corrected chi connectivity index (χ1v) is 3.63. The predicted octanol–water partition coefficient (Wildman–Crippen LogP) is -1.94. The van der Waals surface area contributed by atoms with E-state index in [2.05, 4.69) is 0 Å². The fourth-order valence-electron chi connectivity index (χ4n) is 0.876. The van der Waals surface area contributed by atoms with Gasteiger partial charge in [-0.3, -0.25) is 4.79 Å². The fraction of sp³-hybridized carbons (Fsp3) is 0.100. The van der Waals surface area contributed by atoms with Crippen LogP contribution >= 0.6 is 0 Å². The average Bonchev–Trinajstić information content (AvgIpc) is 2.06. The molecule has 0 unspecified atom stereocenters. The van der Waals surface area contributed by atoms with E-state index in [4.69, 9.17) is 0 Å². The van der Waals surface area contributed by atoms with Gasteiger partial charge in [0, 0.05) is 5.56 Å². The van der Waals surface area contributed by atoms with E-state index in [0.717, 1.165) is 11.6 Å². The summed E-state index contributed by atoms with van der Waals surface area (Å²) in [6.07, 6.45) is 1.52. The van der Waals surface area contributed by atoms with Crippen LogP contribution in [0.3, 0.4) is 0 Å². The maximum Gasteiger partial charge on any atom is 1.00 e. The smallest absolute Gasteiger partial charge is 0.878 e. The zero-order chi connectivity index (χ0) is 8.97. The number of allylic oxidation sites excluding steroid dienone is 1. The summed E-state index contributed by atoms with van der Waals surface area (Å²) in [5, 5.41) is 9.98. The van der Waals surface area contributed by atoms with Crippen molar-refractivity contribution in [3.63, 3.8) is 0 Å². The zero-order valence-electron chi connectivity index (χ0n) is 7.78. The first-order valence-electron chi connectivity index (χ1n) is 3.63. The Bertz CT molecular complexity index is 301. The molecular formula is C10H9NaO2. The third-order valence-electron chi connectivity index (χ3n) is 1.56. The Labute approximate surface area is 99.6 Å². The number of benzene rings is 1. The molecule has 0 radical (unpaired) electrons. The van der Waals surface area contributed by atoms with Gasteiger partial charge in [0.2, 0.25) is 0 Å². The normalized spacial score (nSPS) is 9.62. The number of hydrogen-bond acceptors (Lipinski definition) is 2. The van der Waals surface area contributed by atoms with Crippen molar-refractivity contribution in [2.45, 2.75) is 6.92 Å². The number of carbonyl (C=O) groups excluding carboxylic acids is 1. The van der Waals surface area contributed by atoms with Crippen LogP contribution in [0.25, 0.3) is 0 Å². The van der Waals surface area contributed by atoms with Gasteiger partial charge >= 0.3 is 29.6 Å². The average molecular weight is 184 g/mol. The number of ketones is 1. The Morgan fingerprint density at radius 3 is 2.31 bits per heavy atom. The molecule has 3 heteroatoms. The largest absolute Gasteiger partial charge is 1.00 e. The van der Waals surface area contributed by atoms with E-state index in [-0.39, 0.29) is 35.3 Å². The summed E-state index contributed by atoms with van der Waals surface area (Å²) in [6, 6.07) is 7.09. The van der Waals surface area contributed by atoms with Crippen molar-refractivity contribution >= 4 is 5.78 Å². The quantitative estimate of drug-likeness (QED) is 0.232. The molecule has 1 aromatic carbocycles. The summed E-state index contributed by atoms with van der Waals surface area (Å²) >= 11 is 0. The van der Waals surface area contributed by atoms with E-state index in [9.17, 15) is 9.90 Å². The van der Waals surface area contributed by atoms with E-state index in [1.807, 2.05) is 19.1 Å². The Hall–Kier alpha value is -0.570. The summed E-state index contributed by atoms with van der Waals surface area (Å²) in [6.45, 7) is 1.94. The van der Waals surface area contributed by atoms with Gasteiger partial charge in [0.15, 0.2) is 5.78 Å². The van der Waals surface area contributed by atoms with Gasteiger partial charge in [-0.15, -0.1) is 6.26 Å². The fourth-order valence-corrected chi connectivity index (χ4v) is 0.876. The van der Waals surface area contributed by atoms with E-state index < -0.39 is 0 Å². The molecule has 0 aliphatic rings. The van der Waals surface area contributed by atoms with Crippen molar-refractivity contribution in [1.82, 2.24) is 0 Å². The molecule has 0 aliphatic carbocycles. The molecule has 0 bridgehead atoms. The van der Waals surface area contributed by atoms with Crippen molar-refractivity contribution in [3.05, 3.63) is 47.7 Å². The molecule has 0 aromatic heterocycles. The second kappa shape index (κ2) is 5.97. The summed E-state index contributed by atoms with van der Waals surface area (Å²) in [7, 11) is 0. The molecule has 0 aliphatic heterocycles. The van der Waals surface area contributed by atoms with Crippen LogP contribution in [0.2, 0.25) is 0 Å². The second-order valence-electron chi connectivity index (χ2n) is 2.53. The Morgan fingerprint density at radius 2 is 1.85 bits per heavy atom. The number of hydrogen-bond donors (Lipinski definition) is 0. The first kappa shape index (κ1) is 12.4. The monoisotopic (exact) mass is 184 g/mol. The Kier molecular flexibility index (Phi) is 5.71. The summed E-state index contributed by atoms with van der Waals surface area (Å²) in [5.41, 5.74) is 1.64. The van der Waals surface area contributed by atoms with E-state index in [0.29, 0.717) is 11.8 Å². The summed E-state index contributed by atoms with van der Waals surface area (Å²) in [5.74, 6) is -0.245. The van der Waals surface area contributed by atoms with Crippen LogP contribution in [0.1, 0.15) is 15.9 Å². The van der Waals surface area contributed by atoms with Gasteiger partial charge in [-0.05, 0) is 13.0 Å². The van der Waals surface area contributed by atoms with Crippen molar-refractivity contribution < 1.29 is 39.5 Å². The molecule has 0 amide bonds. The minimum absolute atomic E-state index is 0. The topological polar surface area (TPSA) is 40.1 Å². The maximum absolute atomic E-state index is 11.1. The van der Waals surface area contributed by atoms with Gasteiger partial charge in [0.1, 0.15) is 0 Å². The molecule has 0 N–H and O–H groups in total. The predicted molar refractivity (Wildman–Crippen MR) is 44.6 cm³/mol. The molecule has 0 fully saturated rings. The molecule has 2 nitrogen and oxygen atoms in total. The minimum atomic E-state index is -0.245. The van der Waals surface area contributed by atoms with Crippen LogP contribution in [0.5, 0.6) is 0 Å². The molecule has 0 spiro atoms. The van der Waals surface area contributed by atoms with Gasteiger partial charge in [-0.2, -0.15) is 0 Å². The van der Waals surface area contributed by atoms with Gasteiger partial charge in [-0.1, -0.05) is 29.8 Å². The molecule has 0 saturated carbocycles. The van der Waals surface area contributed by atoms with E-state index in [1.54, 1.807) is 12.1 Å². The summed E-state index contributed by atoms with van der Waals surface area (Å²) in [4.78, 5) is 11.1. The van der Waals surface area contributed by atoms with Gasteiger partial charge in [0.25, 0.3) is 0 Å². The van der Waals surface area contributed by atoms with Crippen LogP contribution in [-0.4, -0.2) is 5.78 Å². The van der Waals surface area contributed by atoms with Crippen LogP contribution in [-0.2, 0) is 0 Å². The number of aryl methyl sites for hydroxylation is 1. The molecule has 0 saturated heterocycles. The molecule has 0 atom stereocenters.